The van der Waals surface area contributed by atoms with Crippen LogP contribution in [0.4, 0.5) is 0 Å². The predicted molar refractivity (Wildman–Crippen MR) is 130 cm³/mol. The molecule has 0 bridgehead atoms. The lowest BCUT2D eigenvalue weighted by molar-refractivity contribution is 0.155. The Hall–Kier alpha value is -2.29. The van der Waals surface area contributed by atoms with Gasteiger partial charge in [-0.2, -0.15) is 0 Å². The molecular formula is C27H31ClN2. The number of rotatable bonds is 6. The van der Waals surface area contributed by atoms with Crippen LogP contribution in [0, 0.1) is 5.92 Å². The summed E-state index contributed by atoms with van der Waals surface area (Å²) in [6.07, 6.45) is 10.5. The number of nitrogens with zero attached hydrogens (tertiary/aromatic N) is 1. The van der Waals surface area contributed by atoms with Crippen molar-refractivity contribution < 1.29 is 0 Å². The minimum atomic E-state index is 0.208. The maximum absolute atomic E-state index is 6.38. The van der Waals surface area contributed by atoms with Gasteiger partial charge >= 0.3 is 0 Å². The van der Waals surface area contributed by atoms with Gasteiger partial charge in [0.1, 0.15) is 0 Å². The summed E-state index contributed by atoms with van der Waals surface area (Å²) in [5.74, 6) is 0.616. The van der Waals surface area contributed by atoms with Crippen LogP contribution >= 0.6 is 11.6 Å². The third kappa shape index (κ3) is 4.26. The molecule has 3 heteroatoms. The van der Waals surface area contributed by atoms with Crippen molar-refractivity contribution in [3.63, 3.8) is 0 Å². The maximum Gasteiger partial charge on any atom is 0.0848 e. The molecule has 3 unspecified atom stereocenters. The second-order valence-corrected chi connectivity index (χ2v) is 8.94. The van der Waals surface area contributed by atoms with Gasteiger partial charge in [0, 0.05) is 29.7 Å². The van der Waals surface area contributed by atoms with Crippen LogP contribution in [0.25, 0.3) is 16.3 Å². The van der Waals surface area contributed by atoms with Crippen LogP contribution in [0.1, 0.15) is 38.2 Å². The third-order valence-corrected chi connectivity index (χ3v) is 6.92. The van der Waals surface area contributed by atoms with E-state index < -0.39 is 0 Å². The molecule has 2 aromatic rings. The molecule has 1 aliphatic carbocycles. The third-order valence-electron chi connectivity index (χ3n) is 6.64. The Balaban J connectivity index is 1.50. The highest BCUT2D eigenvalue weighted by Gasteiger charge is 2.34. The van der Waals surface area contributed by atoms with E-state index in [2.05, 4.69) is 78.8 Å². The van der Waals surface area contributed by atoms with Crippen molar-refractivity contribution in [2.75, 3.05) is 6.54 Å². The van der Waals surface area contributed by atoms with Crippen LogP contribution in [0.2, 0.25) is 0 Å². The Morgan fingerprint density at radius 1 is 1.27 bits per heavy atom. The highest BCUT2D eigenvalue weighted by molar-refractivity contribution is 6.29. The molecule has 3 atom stereocenters. The van der Waals surface area contributed by atoms with Crippen molar-refractivity contribution in [3.05, 3.63) is 90.1 Å². The molecule has 1 N–H and O–H groups in total. The van der Waals surface area contributed by atoms with Gasteiger partial charge in [-0.15, -0.1) is 0 Å². The van der Waals surface area contributed by atoms with E-state index in [0.717, 1.165) is 30.8 Å². The van der Waals surface area contributed by atoms with Gasteiger partial charge in [-0.25, -0.2) is 0 Å². The highest BCUT2D eigenvalue weighted by Crippen LogP contribution is 2.38. The first-order valence-corrected chi connectivity index (χ1v) is 11.3. The van der Waals surface area contributed by atoms with Crippen molar-refractivity contribution in [3.8, 4) is 0 Å². The zero-order valence-electron chi connectivity index (χ0n) is 17.8. The van der Waals surface area contributed by atoms with Crippen LogP contribution in [0.5, 0.6) is 0 Å². The number of hydrogen-bond donors (Lipinski definition) is 1. The molecule has 30 heavy (non-hydrogen) atoms. The van der Waals surface area contributed by atoms with E-state index in [0.29, 0.717) is 12.0 Å². The minimum Gasteiger partial charge on any atom is -0.355 e. The minimum absolute atomic E-state index is 0.208. The zero-order valence-corrected chi connectivity index (χ0v) is 18.5. The summed E-state index contributed by atoms with van der Waals surface area (Å²) in [5.41, 5.74) is 4.05. The normalized spacial score (nSPS) is 23.5. The van der Waals surface area contributed by atoms with Crippen LogP contribution in [-0.2, 0) is 0 Å². The fourth-order valence-electron chi connectivity index (χ4n) is 5.04. The molecule has 0 radical (unpaired) electrons. The van der Waals surface area contributed by atoms with Gasteiger partial charge in [-0.1, -0.05) is 79.4 Å². The number of allylic oxidation sites excluding steroid dienone is 4. The molecular weight excluding hydrogens is 388 g/mol. The first kappa shape index (κ1) is 21.0. The topological polar surface area (TPSA) is 15.3 Å². The fraction of sp³-hybridized carbons (Fsp3) is 0.333. The van der Waals surface area contributed by atoms with E-state index in [1.165, 1.54) is 34.0 Å². The number of halogens is 1. The molecule has 0 saturated carbocycles. The average molecular weight is 419 g/mol. The lowest BCUT2D eigenvalue weighted by Crippen LogP contribution is -2.44. The first-order valence-electron chi connectivity index (χ1n) is 10.9. The van der Waals surface area contributed by atoms with E-state index in [1.807, 2.05) is 6.08 Å². The number of hydrogen-bond acceptors (Lipinski definition) is 2. The van der Waals surface area contributed by atoms with Gasteiger partial charge in [-0.05, 0) is 60.1 Å². The maximum atomic E-state index is 6.38. The van der Waals surface area contributed by atoms with Crippen LogP contribution in [-0.4, -0.2) is 23.7 Å². The highest BCUT2D eigenvalue weighted by atomic mass is 35.5. The molecule has 156 valence electrons. The second-order valence-electron chi connectivity index (χ2n) is 8.45. The lowest BCUT2D eigenvalue weighted by Gasteiger charge is -2.39. The summed E-state index contributed by atoms with van der Waals surface area (Å²) in [6, 6.07) is 15.8. The number of nitrogens with one attached hydrogen (secondary N) is 1. The quantitative estimate of drug-likeness (QED) is 0.515. The van der Waals surface area contributed by atoms with Crippen molar-refractivity contribution in [2.24, 2.45) is 5.92 Å². The Morgan fingerprint density at radius 2 is 2.07 bits per heavy atom. The summed E-state index contributed by atoms with van der Waals surface area (Å²) in [5, 5.41) is 7.08. The van der Waals surface area contributed by atoms with Gasteiger partial charge in [-0.3, -0.25) is 5.32 Å². The molecule has 2 aliphatic rings. The van der Waals surface area contributed by atoms with E-state index in [4.69, 9.17) is 11.6 Å². The molecule has 1 fully saturated rings. The molecule has 1 aliphatic heterocycles. The lowest BCUT2D eigenvalue weighted by atomic mass is 9.81. The van der Waals surface area contributed by atoms with Crippen molar-refractivity contribution >= 4 is 27.9 Å². The Kier molecular flexibility index (Phi) is 6.46. The SMILES string of the molecule is C=C/C=C(/Cl)CC1NCC(=C)N1C(C)C1CC=C(c2cccc3ccccc23)CC1. The largest absolute Gasteiger partial charge is 0.355 e. The molecule has 1 saturated heterocycles. The Labute approximate surface area is 185 Å². The van der Waals surface area contributed by atoms with Crippen LogP contribution in [0.15, 0.2) is 84.6 Å². The molecule has 0 aromatic heterocycles. The monoisotopic (exact) mass is 418 g/mol. The molecule has 4 rings (SSSR count). The molecule has 2 nitrogen and oxygen atoms in total. The zero-order chi connectivity index (χ0) is 21.1. The molecule has 1 heterocycles. The predicted octanol–water partition coefficient (Wildman–Crippen LogP) is 6.86. The summed E-state index contributed by atoms with van der Waals surface area (Å²) >= 11 is 6.38. The van der Waals surface area contributed by atoms with Gasteiger partial charge in [0.2, 0.25) is 0 Å². The Morgan fingerprint density at radius 3 is 2.83 bits per heavy atom. The molecule has 2 aromatic carbocycles. The van der Waals surface area contributed by atoms with E-state index in [1.54, 1.807) is 6.08 Å². The van der Waals surface area contributed by atoms with Crippen molar-refractivity contribution in [1.29, 1.82) is 0 Å². The van der Waals surface area contributed by atoms with Crippen molar-refractivity contribution in [1.82, 2.24) is 10.2 Å². The van der Waals surface area contributed by atoms with Crippen molar-refractivity contribution in [2.45, 2.75) is 44.8 Å². The van der Waals surface area contributed by atoms with E-state index in [9.17, 15) is 0 Å². The second kappa shape index (κ2) is 9.24. The van der Waals surface area contributed by atoms with Crippen LogP contribution in [0.3, 0.4) is 0 Å². The smallest absolute Gasteiger partial charge is 0.0848 e. The first-order chi connectivity index (χ1) is 14.6. The van der Waals surface area contributed by atoms with Gasteiger partial charge < -0.3 is 4.90 Å². The summed E-state index contributed by atoms with van der Waals surface area (Å²) in [6.45, 7) is 11.2. The number of fused-ring (bicyclic) bond motifs is 1. The molecule has 0 amide bonds. The van der Waals surface area contributed by atoms with Gasteiger partial charge in [0.15, 0.2) is 0 Å². The standard InChI is InChI=1S/C27H31ClN2/c1-4-8-24(28)17-27-29-18-19(2)30(27)20(3)21-13-15-23(16-14-21)26-12-7-10-22-9-5-6-11-25(22)26/h4-12,15,20-21,27,29H,1-2,13-14,16-18H2,3H3/b24-8+. The summed E-state index contributed by atoms with van der Waals surface area (Å²) < 4.78 is 0. The summed E-state index contributed by atoms with van der Waals surface area (Å²) in [7, 11) is 0. The Bertz CT molecular complexity index is 998. The average Bonchev–Trinajstić information content (AvgIpc) is 3.13. The number of benzene rings is 2. The van der Waals surface area contributed by atoms with Gasteiger partial charge in [0.25, 0.3) is 0 Å². The van der Waals surface area contributed by atoms with E-state index in [-0.39, 0.29) is 6.17 Å². The van der Waals surface area contributed by atoms with Crippen LogP contribution < -0.4 is 5.32 Å². The van der Waals surface area contributed by atoms with Gasteiger partial charge in [0.05, 0.1) is 6.17 Å². The van der Waals surface area contributed by atoms with E-state index >= 15 is 0 Å². The fourth-order valence-corrected chi connectivity index (χ4v) is 5.27. The molecule has 0 spiro atoms. The summed E-state index contributed by atoms with van der Waals surface area (Å²) in [4.78, 5) is 2.46.